The molecule has 0 saturated carbocycles. The second kappa shape index (κ2) is 8.69. The Morgan fingerprint density at radius 1 is 1.00 bits per heavy atom. The minimum absolute atomic E-state index is 0.111. The molecule has 1 fully saturated rings. The molecule has 2 heterocycles. The third-order valence-corrected chi connectivity index (χ3v) is 5.50. The van der Waals surface area contributed by atoms with Crippen LogP contribution in [0.25, 0.3) is 10.9 Å². The Kier molecular flexibility index (Phi) is 5.81. The molecule has 3 aromatic rings. The molecular formula is C23H25N3O5. The molecule has 0 unspecified atom stereocenters. The number of ether oxygens (including phenoxy) is 3. The number of benzene rings is 2. The highest BCUT2D eigenvalue weighted by Crippen LogP contribution is 2.31. The van der Waals surface area contributed by atoms with Gasteiger partial charge in [0.25, 0.3) is 5.91 Å². The van der Waals surface area contributed by atoms with E-state index >= 15 is 0 Å². The number of methoxy groups -OCH3 is 3. The predicted octanol–water partition coefficient (Wildman–Crippen LogP) is 2.66. The lowest BCUT2D eigenvalue weighted by Crippen LogP contribution is -2.39. The molecule has 4 rings (SSSR count). The number of imide groups is 1. The minimum atomic E-state index is -0.565. The molecule has 0 aliphatic carbocycles. The largest absolute Gasteiger partial charge is 0.497 e. The summed E-state index contributed by atoms with van der Waals surface area (Å²) >= 11 is 0. The minimum Gasteiger partial charge on any atom is -0.497 e. The molecule has 2 aromatic carbocycles. The van der Waals surface area contributed by atoms with Crippen molar-refractivity contribution in [3.8, 4) is 17.2 Å². The van der Waals surface area contributed by atoms with E-state index in [1.165, 1.54) is 19.1 Å². The molecule has 8 nitrogen and oxygen atoms in total. The van der Waals surface area contributed by atoms with Gasteiger partial charge in [-0.15, -0.1) is 0 Å². The van der Waals surface area contributed by atoms with Crippen molar-refractivity contribution in [3.05, 3.63) is 48.2 Å². The van der Waals surface area contributed by atoms with Crippen LogP contribution in [0, 0.1) is 0 Å². The first-order valence-electron chi connectivity index (χ1n) is 10.0. The molecule has 31 heavy (non-hydrogen) atoms. The smallest absolute Gasteiger partial charge is 0.251 e. The number of fused-ring (bicyclic) bond motifs is 1. The molecule has 8 heteroatoms. The van der Waals surface area contributed by atoms with E-state index in [2.05, 4.69) is 10.3 Å². The number of carbonyl (C=O) groups excluding carboxylic acids is 2. The van der Waals surface area contributed by atoms with Gasteiger partial charge >= 0.3 is 0 Å². The standard InChI is InChI=1S/C23H25N3O5/c1-29-16-4-5-20-19(11-16)14(13-25-20)6-7-24-21-12-22(27)26(23(21)28)15-8-17(30-2)10-18(9-15)31-3/h4-5,8-11,13,21,24-25H,6-7,12H2,1-3H3/t21-/m1/s1. The van der Waals surface area contributed by atoms with Gasteiger partial charge < -0.3 is 24.5 Å². The van der Waals surface area contributed by atoms with Crippen molar-refractivity contribution in [2.75, 3.05) is 32.8 Å². The van der Waals surface area contributed by atoms with Crippen LogP contribution in [0.1, 0.15) is 12.0 Å². The van der Waals surface area contributed by atoms with Crippen LogP contribution in [0.5, 0.6) is 17.2 Å². The van der Waals surface area contributed by atoms with Crippen LogP contribution in [-0.2, 0) is 16.0 Å². The van der Waals surface area contributed by atoms with Gasteiger partial charge in [0.2, 0.25) is 5.91 Å². The van der Waals surface area contributed by atoms with E-state index < -0.39 is 6.04 Å². The quantitative estimate of drug-likeness (QED) is 0.541. The van der Waals surface area contributed by atoms with Gasteiger partial charge in [0.1, 0.15) is 17.2 Å². The first-order valence-corrected chi connectivity index (χ1v) is 10.0. The van der Waals surface area contributed by atoms with Crippen LogP contribution < -0.4 is 24.4 Å². The first kappa shape index (κ1) is 20.7. The summed E-state index contributed by atoms with van der Waals surface area (Å²) in [7, 11) is 4.69. The summed E-state index contributed by atoms with van der Waals surface area (Å²) in [5.74, 6) is 1.29. The Morgan fingerprint density at radius 2 is 1.71 bits per heavy atom. The monoisotopic (exact) mass is 423 g/mol. The lowest BCUT2D eigenvalue weighted by molar-refractivity contribution is -0.121. The second-order valence-electron chi connectivity index (χ2n) is 7.32. The van der Waals surface area contributed by atoms with Gasteiger partial charge in [0.05, 0.1) is 39.5 Å². The van der Waals surface area contributed by atoms with Crippen LogP contribution in [0.2, 0.25) is 0 Å². The van der Waals surface area contributed by atoms with Crippen LogP contribution in [0.4, 0.5) is 5.69 Å². The van der Waals surface area contributed by atoms with Gasteiger partial charge in [-0.05, 0) is 30.2 Å². The Bertz CT molecular complexity index is 1100. The van der Waals surface area contributed by atoms with Crippen molar-refractivity contribution >= 4 is 28.4 Å². The molecule has 1 saturated heterocycles. The molecule has 1 aromatic heterocycles. The fourth-order valence-electron chi connectivity index (χ4n) is 3.86. The molecule has 2 amide bonds. The van der Waals surface area contributed by atoms with Crippen molar-refractivity contribution in [2.45, 2.75) is 18.9 Å². The van der Waals surface area contributed by atoms with Gasteiger partial charge in [0.15, 0.2) is 0 Å². The molecular weight excluding hydrogens is 398 g/mol. The summed E-state index contributed by atoms with van der Waals surface area (Å²) in [5.41, 5.74) is 2.59. The van der Waals surface area contributed by atoms with Gasteiger partial charge in [-0.2, -0.15) is 0 Å². The molecule has 0 spiro atoms. The van der Waals surface area contributed by atoms with Crippen molar-refractivity contribution in [1.82, 2.24) is 10.3 Å². The number of amides is 2. The number of nitrogens with one attached hydrogen (secondary N) is 2. The number of anilines is 1. The number of hydrogen-bond donors (Lipinski definition) is 2. The Labute approximate surface area is 180 Å². The van der Waals surface area contributed by atoms with Gasteiger partial charge in [-0.1, -0.05) is 0 Å². The van der Waals surface area contributed by atoms with Crippen molar-refractivity contribution in [1.29, 1.82) is 0 Å². The third-order valence-electron chi connectivity index (χ3n) is 5.50. The average molecular weight is 423 g/mol. The maximum Gasteiger partial charge on any atom is 0.251 e. The summed E-state index contributed by atoms with van der Waals surface area (Å²) < 4.78 is 15.8. The summed E-state index contributed by atoms with van der Waals surface area (Å²) in [4.78, 5) is 30.0. The highest BCUT2D eigenvalue weighted by molar-refractivity contribution is 6.22. The Hall–Kier alpha value is -3.52. The van der Waals surface area contributed by atoms with Crippen LogP contribution in [-0.4, -0.2) is 50.7 Å². The zero-order valence-electron chi connectivity index (χ0n) is 17.7. The molecule has 1 aliphatic heterocycles. The zero-order valence-corrected chi connectivity index (χ0v) is 17.7. The number of rotatable bonds is 8. The predicted molar refractivity (Wildman–Crippen MR) is 117 cm³/mol. The van der Waals surface area contributed by atoms with Crippen LogP contribution >= 0.6 is 0 Å². The summed E-state index contributed by atoms with van der Waals surface area (Å²) in [5, 5.41) is 4.31. The van der Waals surface area contributed by atoms with Crippen molar-refractivity contribution in [2.24, 2.45) is 0 Å². The summed E-state index contributed by atoms with van der Waals surface area (Å²) in [6.45, 7) is 0.559. The maximum absolute atomic E-state index is 12.9. The fraction of sp³-hybridized carbons (Fsp3) is 0.304. The fourth-order valence-corrected chi connectivity index (χ4v) is 3.86. The molecule has 1 aliphatic rings. The Balaban J connectivity index is 1.44. The van der Waals surface area contributed by atoms with Gasteiger partial charge in [-0.25, -0.2) is 4.90 Å². The Morgan fingerprint density at radius 3 is 2.39 bits per heavy atom. The average Bonchev–Trinajstić information content (AvgIpc) is 3.32. The van der Waals surface area contributed by atoms with Crippen LogP contribution in [0.3, 0.4) is 0 Å². The third kappa shape index (κ3) is 4.06. The van der Waals surface area contributed by atoms with E-state index in [-0.39, 0.29) is 18.2 Å². The van der Waals surface area contributed by atoms with E-state index in [1.54, 1.807) is 25.3 Å². The highest BCUT2D eigenvalue weighted by Gasteiger charge is 2.39. The molecule has 0 radical (unpaired) electrons. The lowest BCUT2D eigenvalue weighted by Gasteiger charge is -2.17. The molecule has 162 valence electrons. The first-order chi connectivity index (χ1) is 15.0. The zero-order chi connectivity index (χ0) is 22.0. The normalized spacial score (nSPS) is 16.2. The second-order valence-corrected chi connectivity index (χ2v) is 7.32. The SMILES string of the molecule is COc1cc(OC)cc(N2C(=O)C[C@@H](NCCc3c[nH]c4ccc(OC)cc34)C2=O)c1. The number of aromatic nitrogens is 1. The van der Waals surface area contributed by atoms with Crippen molar-refractivity contribution < 1.29 is 23.8 Å². The summed E-state index contributed by atoms with van der Waals surface area (Å²) in [6.07, 6.45) is 2.78. The van der Waals surface area contributed by atoms with Crippen LogP contribution in [0.15, 0.2) is 42.6 Å². The number of hydrogen-bond acceptors (Lipinski definition) is 6. The molecule has 0 bridgehead atoms. The molecule has 1 atom stereocenters. The topological polar surface area (TPSA) is 92.9 Å². The van der Waals surface area contributed by atoms with Crippen molar-refractivity contribution in [3.63, 3.8) is 0 Å². The lowest BCUT2D eigenvalue weighted by atomic mass is 10.1. The molecule has 2 N–H and O–H groups in total. The number of H-pyrrole nitrogens is 1. The van der Waals surface area contributed by atoms with Gasteiger partial charge in [-0.3, -0.25) is 9.59 Å². The highest BCUT2D eigenvalue weighted by atomic mass is 16.5. The van der Waals surface area contributed by atoms with E-state index in [9.17, 15) is 9.59 Å². The maximum atomic E-state index is 12.9. The van der Waals surface area contributed by atoms with E-state index in [0.717, 1.165) is 22.2 Å². The number of nitrogens with zero attached hydrogens (tertiary/aromatic N) is 1. The van der Waals surface area contributed by atoms with E-state index in [4.69, 9.17) is 14.2 Å². The van der Waals surface area contributed by atoms with E-state index in [0.29, 0.717) is 30.2 Å². The number of carbonyl (C=O) groups is 2. The van der Waals surface area contributed by atoms with E-state index in [1.807, 2.05) is 24.4 Å². The summed E-state index contributed by atoms with van der Waals surface area (Å²) in [6, 6.07) is 10.3. The number of aromatic amines is 1. The van der Waals surface area contributed by atoms with Gasteiger partial charge in [0, 0.05) is 41.8 Å².